The van der Waals surface area contributed by atoms with Gasteiger partial charge in [-0.3, -0.25) is 4.79 Å². The molecule has 1 saturated heterocycles. The Morgan fingerprint density at radius 2 is 1.94 bits per heavy atom. The minimum absolute atomic E-state index is 0.421. The zero-order valence-corrected chi connectivity index (χ0v) is 11.0. The van der Waals surface area contributed by atoms with E-state index in [4.69, 9.17) is 0 Å². The summed E-state index contributed by atoms with van der Waals surface area (Å²) in [7, 11) is 0. The van der Waals surface area contributed by atoms with Crippen LogP contribution in [0, 0.1) is 11.3 Å². The molecular formula is C14H25NO2. The molecule has 1 saturated carbocycles. The molecule has 0 radical (unpaired) electrons. The number of nitrogens with zero attached hydrogens (tertiary/aromatic N) is 1. The highest BCUT2D eigenvalue weighted by Gasteiger charge is 2.43. The van der Waals surface area contributed by atoms with Crippen LogP contribution in [0.2, 0.25) is 0 Å². The molecule has 0 amide bonds. The highest BCUT2D eigenvalue weighted by Crippen LogP contribution is 2.39. The van der Waals surface area contributed by atoms with E-state index in [1.807, 2.05) is 0 Å². The average molecular weight is 239 g/mol. The third-order valence-corrected chi connectivity index (χ3v) is 4.52. The summed E-state index contributed by atoms with van der Waals surface area (Å²) < 4.78 is 0. The van der Waals surface area contributed by atoms with Gasteiger partial charge in [0.25, 0.3) is 0 Å². The van der Waals surface area contributed by atoms with E-state index in [9.17, 15) is 9.90 Å². The van der Waals surface area contributed by atoms with Gasteiger partial charge in [-0.15, -0.1) is 0 Å². The van der Waals surface area contributed by atoms with Gasteiger partial charge in [0.1, 0.15) is 0 Å². The summed E-state index contributed by atoms with van der Waals surface area (Å²) in [5.41, 5.74) is -0.421. The molecule has 0 spiro atoms. The molecule has 98 valence electrons. The van der Waals surface area contributed by atoms with E-state index in [1.165, 1.54) is 19.3 Å². The molecule has 0 aromatic rings. The summed E-state index contributed by atoms with van der Waals surface area (Å²) >= 11 is 0. The van der Waals surface area contributed by atoms with Crippen LogP contribution in [0.5, 0.6) is 0 Å². The van der Waals surface area contributed by atoms with Crippen molar-refractivity contribution >= 4 is 5.97 Å². The van der Waals surface area contributed by atoms with Gasteiger partial charge in [0.2, 0.25) is 0 Å². The SMILES string of the molecule is CCCC1CN(CC2(C(=O)O)CCCCC2)C1. The number of aliphatic carboxylic acids is 1. The lowest BCUT2D eigenvalue weighted by Gasteiger charge is -2.45. The first-order valence-electron chi connectivity index (χ1n) is 7.12. The van der Waals surface area contributed by atoms with Crippen molar-refractivity contribution < 1.29 is 9.90 Å². The number of carbonyl (C=O) groups is 1. The third kappa shape index (κ3) is 2.82. The number of hydrogen-bond donors (Lipinski definition) is 1. The van der Waals surface area contributed by atoms with Crippen LogP contribution in [0.4, 0.5) is 0 Å². The van der Waals surface area contributed by atoms with Gasteiger partial charge in [-0.05, 0) is 25.2 Å². The molecular weight excluding hydrogens is 214 g/mol. The van der Waals surface area contributed by atoms with Crippen LogP contribution in [0.1, 0.15) is 51.9 Å². The maximum absolute atomic E-state index is 11.5. The number of hydrogen-bond acceptors (Lipinski definition) is 2. The largest absolute Gasteiger partial charge is 0.481 e. The zero-order chi connectivity index (χ0) is 12.3. The number of likely N-dealkylation sites (tertiary alicyclic amines) is 1. The molecule has 1 heterocycles. The first kappa shape index (κ1) is 12.9. The molecule has 1 aliphatic heterocycles. The molecule has 3 nitrogen and oxygen atoms in total. The highest BCUT2D eigenvalue weighted by atomic mass is 16.4. The van der Waals surface area contributed by atoms with E-state index in [2.05, 4.69) is 11.8 Å². The normalized spacial score (nSPS) is 25.5. The number of carboxylic acid groups (broad SMARTS) is 1. The van der Waals surface area contributed by atoms with Crippen molar-refractivity contribution in [3.8, 4) is 0 Å². The van der Waals surface area contributed by atoms with Crippen LogP contribution in [-0.4, -0.2) is 35.6 Å². The second kappa shape index (κ2) is 5.38. The summed E-state index contributed by atoms with van der Waals surface area (Å²) in [5, 5.41) is 9.50. The van der Waals surface area contributed by atoms with Crippen LogP contribution in [0.3, 0.4) is 0 Å². The average Bonchev–Trinajstić information content (AvgIpc) is 2.27. The molecule has 3 heteroatoms. The van der Waals surface area contributed by atoms with E-state index in [0.717, 1.165) is 51.2 Å². The molecule has 1 aliphatic carbocycles. The highest BCUT2D eigenvalue weighted by molar-refractivity contribution is 5.75. The van der Waals surface area contributed by atoms with Gasteiger partial charge in [0.15, 0.2) is 0 Å². The summed E-state index contributed by atoms with van der Waals surface area (Å²) in [4.78, 5) is 13.9. The fourth-order valence-corrected chi connectivity index (χ4v) is 3.49. The quantitative estimate of drug-likeness (QED) is 0.802. The molecule has 0 aromatic heterocycles. The topological polar surface area (TPSA) is 40.5 Å². The Balaban J connectivity index is 1.85. The first-order chi connectivity index (χ1) is 8.16. The second-order valence-corrected chi connectivity index (χ2v) is 5.99. The van der Waals surface area contributed by atoms with Gasteiger partial charge in [0, 0.05) is 19.6 Å². The van der Waals surface area contributed by atoms with Crippen molar-refractivity contribution in [3.63, 3.8) is 0 Å². The molecule has 0 bridgehead atoms. The minimum Gasteiger partial charge on any atom is -0.481 e. The smallest absolute Gasteiger partial charge is 0.310 e. The van der Waals surface area contributed by atoms with Crippen molar-refractivity contribution in [1.29, 1.82) is 0 Å². The fourth-order valence-electron chi connectivity index (χ4n) is 3.49. The van der Waals surface area contributed by atoms with Crippen LogP contribution in [0.15, 0.2) is 0 Å². The van der Waals surface area contributed by atoms with Gasteiger partial charge in [-0.25, -0.2) is 0 Å². The number of carboxylic acids is 1. The van der Waals surface area contributed by atoms with Crippen LogP contribution >= 0.6 is 0 Å². The Morgan fingerprint density at radius 1 is 1.29 bits per heavy atom. The maximum atomic E-state index is 11.5. The summed E-state index contributed by atoms with van der Waals surface area (Å²) in [6.45, 7) is 5.27. The van der Waals surface area contributed by atoms with Gasteiger partial charge >= 0.3 is 5.97 Å². The summed E-state index contributed by atoms with van der Waals surface area (Å²) in [6.07, 6.45) is 7.73. The molecule has 0 atom stereocenters. The van der Waals surface area contributed by atoms with Crippen molar-refractivity contribution in [2.24, 2.45) is 11.3 Å². The predicted octanol–water partition coefficient (Wildman–Crippen LogP) is 2.75. The standard InChI is InChI=1S/C14H25NO2/c1-2-6-12-9-15(10-12)11-14(13(16)17)7-4-3-5-8-14/h12H,2-11H2,1H3,(H,16,17). The molecule has 0 aromatic carbocycles. The van der Waals surface area contributed by atoms with Gasteiger partial charge in [-0.2, -0.15) is 0 Å². The van der Waals surface area contributed by atoms with Crippen LogP contribution in [0.25, 0.3) is 0 Å². The molecule has 2 rings (SSSR count). The minimum atomic E-state index is -0.559. The lowest BCUT2D eigenvalue weighted by molar-refractivity contribution is -0.154. The van der Waals surface area contributed by atoms with E-state index in [-0.39, 0.29) is 0 Å². The molecule has 0 unspecified atom stereocenters. The van der Waals surface area contributed by atoms with Gasteiger partial charge in [-0.1, -0.05) is 32.6 Å². The van der Waals surface area contributed by atoms with Crippen molar-refractivity contribution in [1.82, 2.24) is 4.90 Å². The summed E-state index contributed by atoms with van der Waals surface area (Å²) in [5.74, 6) is 0.269. The van der Waals surface area contributed by atoms with Crippen LogP contribution in [-0.2, 0) is 4.79 Å². The Kier molecular flexibility index (Phi) is 4.08. The second-order valence-electron chi connectivity index (χ2n) is 5.99. The Hall–Kier alpha value is -0.570. The summed E-state index contributed by atoms with van der Waals surface area (Å²) in [6, 6.07) is 0. The fraction of sp³-hybridized carbons (Fsp3) is 0.929. The third-order valence-electron chi connectivity index (χ3n) is 4.52. The molecule has 17 heavy (non-hydrogen) atoms. The van der Waals surface area contributed by atoms with Gasteiger partial charge in [0.05, 0.1) is 5.41 Å². The molecule has 2 fully saturated rings. The zero-order valence-electron chi connectivity index (χ0n) is 11.0. The lowest BCUT2D eigenvalue weighted by atomic mass is 9.73. The molecule has 2 aliphatic rings. The van der Waals surface area contributed by atoms with Crippen molar-refractivity contribution in [2.75, 3.05) is 19.6 Å². The van der Waals surface area contributed by atoms with E-state index in [1.54, 1.807) is 0 Å². The van der Waals surface area contributed by atoms with Crippen molar-refractivity contribution in [2.45, 2.75) is 51.9 Å². The Morgan fingerprint density at radius 3 is 2.47 bits per heavy atom. The van der Waals surface area contributed by atoms with Crippen molar-refractivity contribution in [3.05, 3.63) is 0 Å². The molecule has 1 N–H and O–H groups in total. The predicted molar refractivity (Wildman–Crippen MR) is 68.0 cm³/mol. The monoisotopic (exact) mass is 239 g/mol. The Labute approximate surface area is 104 Å². The Bertz CT molecular complexity index is 265. The van der Waals surface area contributed by atoms with Crippen LogP contribution < -0.4 is 0 Å². The van der Waals surface area contributed by atoms with E-state index in [0.29, 0.717) is 0 Å². The maximum Gasteiger partial charge on any atom is 0.310 e. The first-order valence-corrected chi connectivity index (χ1v) is 7.12. The van der Waals surface area contributed by atoms with Gasteiger partial charge < -0.3 is 10.0 Å². The number of rotatable bonds is 5. The van der Waals surface area contributed by atoms with E-state index >= 15 is 0 Å². The van der Waals surface area contributed by atoms with E-state index < -0.39 is 11.4 Å². The lowest BCUT2D eigenvalue weighted by Crippen LogP contribution is -2.53.